The van der Waals surface area contributed by atoms with Gasteiger partial charge >= 0.3 is 6.03 Å². The highest BCUT2D eigenvalue weighted by molar-refractivity contribution is 7.14. The molecule has 0 aliphatic carbocycles. The standard InChI is InChI=1S/C18H23N3O2S/c1-5-15-12(4)10-16(24-15)17(22)20-13-6-8-14(9-7-13)21-18(23)19-11(2)3/h6-11H,5H2,1-4H3,(H,20,22)(H2,19,21,23). The summed E-state index contributed by atoms with van der Waals surface area (Å²) in [6.45, 7) is 7.90. The molecule has 128 valence electrons. The lowest BCUT2D eigenvalue weighted by atomic mass is 10.2. The van der Waals surface area contributed by atoms with Gasteiger partial charge in [0.1, 0.15) is 0 Å². The first-order chi connectivity index (χ1) is 11.4. The van der Waals surface area contributed by atoms with Gasteiger partial charge in [-0.1, -0.05) is 6.92 Å². The van der Waals surface area contributed by atoms with Crippen LogP contribution in [0.15, 0.2) is 30.3 Å². The topological polar surface area (TPSA) is 70.2 Å². The zero-order valence-corrected chi connectivity index (χ0v) is 15.2. The van der Waals surface area contributed by atoms with E-state index in [1.54, 1.807) is 24.3 Å². The number of rotatable bonds is 5. The molecule has 0 unspecified atom stereocenters. The van der Waals surface area contributed by atoms with Gasteiger partial charge in [0.05, 0.1) is 4.88 Å². The van der Waals surface area contributed by atoms with Crippen molar-refractivity contribution in [3.63, 3.8) is 0 Å². The number of hydrogen-bond acceptors (Lipinski definition) is 3. The molecule has 0 saturated heterocycles. The van der Waals surface area contributed by atoms with Crippen LogP contribution in [0.3, 0.4) is 0 Å². The molecule has 2 rings (SSSR count). The number of urea groups is 1. The summed E-state index contributed by atoms with van der Waals surface area (Å²) in [5.41, 5.74) is 2.52. The normalized spacial score (nSPS) is 10.5. The fourth-order valence-corrected chi connectivity index (χ4v) is 3.25. The minimum absolute atomic E-state index is 0.0748. The smallest absolute Gasteiger partial charge is 0.319 e. The molecule has 6 heteroatoms. The van der Waals surface area contributed by atoms with E-state index in [-0.39, 0.29) is 18.0 Å². The Morgan fingerprint density at radius 2 is 1.67 bits per heavy atom. The number of thiophene rings is 1. The number of carbonyl (C=O) groups excluding carboxylic acids is 2. The Hall–Kier alpha value is -2.34. The summed E-state index contributed by atoms with van der Waals surface area (Å²) in [6, 6.07) is 8.80. The van der Waals surface area contributed by atoms with Crippen molar-refractivity contribution in [2.24, 2.45) is 0 Å². The Morgan fingerprint density at radius 1 is 1.08 bits per heavy atom. The number of amides is 3. The van der Waals surface area contributed by atoms with Crippen molar-refractivity contribution in [3.05, 3.63) is 45.6 Å². The van der Waals surface area contributed by atoms with Crippen LogP contribution in [0.1, 0.15) is 40.9 Å². The predicted octanol–water partition coefficient (Wildman–Crippen LogP) is 4.40. The monoisotopic (exact) mass is 345 g/mol. The molecule has 0 saturated carbocycles. The summed E-state index contributed by atoms with van der Waals surface area (Å²) in [4.78, 5) is 25.9. The van der Waals surface area contributed by atoms with Crippen LogP contribution in [-0.2, 0) is 6.42 Å². The van der Waals surface area contributed by atoms with E-state index in [0.29, 0.717) is 16.3 Å². The van der Waals surface area contributed by atoms with E-state index in [2.05, 4.69) is 22.9 Å². The molecule has 0 radical (unpaired) electrons. The van der Waals surface area contributed by atoms with E-state index in [1.807, 2.05) is 26.8 Å². The van der Waals surface area contributed by atoms with Gasteiger partial charge in [0.15, 0.2) is 0 Å². The second-order valence-corrected chi connectivity index (χ2v) is 6.99. The van der Waals surface area contributed by atoms with Crippen molar-refractivity contribution in [3.8, 4) is 0 Å². The van der Waals surface area contributed by atoms with E-state index >= 15 is 0 Å². The maximum absolute atomic E-state index is 12.3. The minimum atomic E-state index is -0.247. The van der Waals surface area contributed by atoms with Gasteiger partial charge in [-0.15, -0.1) is 11.3 Å². The lowest BCUT2D eigenvalue weighted by molar-refractivity contribution is 0.103. The molecule has 1 aromatic carbocycles. The first-order valence-corrected chi connectivity index (χ1v) is 8.79. The van der Waals surface area contributed by atoms with E-state index in [4.69, 9.17) is 0 Å². The van der Waals surface area contributed by atoms with Gasteiger partial charge < -0.3 is 16.0 Å². The van der Waals surface area contributed by atoms with Crippen LogP contribution in [0.25, 0.3) is 0 Å². The second-order valence-electron chi connectivity index (χ2n) is 5.86. The zero-order chi connectivity index (χ0) is 17.7. The molecule has 3 amide bonds. The minimum Gasteiger partial charge on any atom is -0.336 e. The number of benzene rings is 1. The average Bonchev–Trinajstić information content (AvgIpc) is 2.89. The second kappa shape index (κ2) is 7.97. The Morgan fingerprint density at radius 3 is 2.17 bits per heavy atom. The zero-order valence-electron chi connectivity index (χ0n) is 14.4. The molecule has 0 aliphatic rings. The summed E-state index contributed by atoms with van der Waals surface area (Å²) in [5, 5.41) is 8.38. The van der Waals surface area contributed by atoms with Crippen molar-refractivity contribution in [2.75, 3.05) is 10.6 Å². The number of aryl methyl sites for hydroxylation is 2. The molecule has 1 heterocycles. The Kier molecular flexibility index (Phi) is 5.98. The lowest BCUT2D eigenvalue weighted by Gasteiger charge is -2.10. The van der Waals surface area contributed by atoms with Crippen molar-refractivity contribution in [1.29, 1.82) is 0 Å². The molecule has 0 bridgehead atoms. The Bertz CT molecular complexity index is 720. The summed E-state index contributed by atoms with van der Waals surface area (Å²) in [5.74, 6) is -0.110. The highest BCUT2D eigenvalue weighted by Crippen LogP contribution is 2.23. The fourth-order valence-electron chi connectivity index (χ4n) is 2.24. The average molecular weight is 345 g/mol. The van der Waals surface area contributed by atoms with Crippen LogP contribution in [0, 0.1) is 6.92 Å². The summed E-state index contributed by atoms with van der Waals surface area (Å²) in [6.07, 6.45) is 0.933. The number of carbonyl (C=O) groups is 2. The Balaban J connectivity index is 1.98. The first kappa shape index (κ1) is 18.0. The summed E-state index contributed by atoms with van der Waals surface area (Å²) in [7, 11) is 0. The fraction of sp³-hybridized carbons (Fsp3) is 0.333. The predicted molar refractivity (Wildman–Crippen MR) is 100 cm³/mol. The van der Waals surface area contributed by atoms with Crippen molar-refractivity contribution in [2.45, 2.75) is 40.2 Å². The van der Waals surface area contributed by atoms with Gasteiger partial charge in [0.2, 0.25) is 0 Å². The van der Waals surface area contributed by atoms with E-state index in [9.17, 15) is 9.59 Å². The maximum Gasteiger partial charge on any atom is 0.319 e. The van der Waals surface area contributed by atoms with E-state index in [0.717, 1.165) is 12.0 Å². The van der Waals surface area contributed by atoms with Crippen molar-refractivity contribution >= 4 is 34.6 Å². The van der Waals surface area contributed by atoms with Crippen LogP contribution in [0.2, 0.25) is 0 Å². The lowest BCUT2D eigenvalue weighted by Crippen LogP contribution is -2.34. The third-order valence-electron chi connectivity index (χ3n) is 3.39. The van der Waals surface area contributed by atoms with Crippen LogP contribution in [0.4, 0.5) is 16.2 Å². The van der Waals surface area contributed by atoms with E-state index < -0.39 is 0 Å². The molecule has 0 fully saturated rings. The number of anilines is 2. The number of nitrogens with one attached hydrogen (secondary N) is 3. The maximum atomic E-state index is 12.3. The first-order valence-electron chi connectivity index (χ1n) is 7.97. The molecule has 24 heavy (non-hydrogen) atoms. The van der Waals surface area contributed by atoms with Crippen LogP contribution >= 0.6 is 11.3 Å². The molecule has 0 spiro atoms. The summed E-state index contributed by atoms with van der Waals surface area (Å²) < 4.78 is 0. The Labute approximate surface area is 146 Å². The third kappa shape index (κ3) is 4.83. The summed E-state index contributed by atoms with van der Waals surface area (Å²) >= 11 is 1.53. The highest BCUT2D eigenvalue weighted by Gasteiger charge is 2.12. The molecule has 2 aromatic rings. The molecular formula is C18H23N3O2S. The highest BCUT2D eigenvalue weighted by atomic mass is 32.1. The van der Waals surface area contributed by atoms with Gasteiger partial charge in [-0.2, -0.15) is 0 Å². The molecule has 5 nitrogen and oxygen atoms in total. The molecular weight excluding hydrogens is 322 g/mol. The van der Waals surface area contributed by atoms with Crippen molar-refractivity contribution < 1.29 is 9.59 Å². The SMILES string of the molecule is CCc1sc(C(=O)Nc2ccc(NC(=O)NC(C)C)cc2)cc1C. The van der Waals surface area contributed by atoms with E-state index in [1.165, 1.54) is 16.2 Å². The van der Waals surface area contributed by atoms with Crippen LogP contribution in [0.5, 0.6) is 0 Å². The molecule has 3 N–H and O–H groups in total. The molecule has 1 aromatic heterocycles. The quantitative estimate of drug-likeness (QED) is 0.751. The largest absolute Gasteiger partial charge is 0.336 e. The molecule has 0 aliphatic heterocycles. The van der Waals surface area contributed by atoms with Crippen LogP contribution < -0.4 is 16.0 Å². The van der Waals surface area contributed by atoms with Crippen LogP contribution in [-0.4, -0.2) is 18.0 Å². The number of hydrogen-bond donors (Lipinski definition) is 3. The van der Waals surface area contributed by atoms with Gasteiger partial charge in [-0.25, -0.2) is 4.79 Å². The van der Waals surface area contributed by atoms with Gasteiger partial charge in [0, 0.05) is 22.3 Å². The van der Waals surface area contributed by atoms with Gasteiger partial charge in [0.25, 0.3) is 5.91 Å². The van der Waals surface area contributed by atoms with Gasteiger partial charge in [-0.3, -0.25) is 4.79 Å². The van der Waals surface area contributed by atoms with Crippen molar-refractivity contribution in [1.82, 2.24) is 5.32 Å². The molecule has 0 atom stereocenters. The van der Waals surface area contributed by atoms with Gasteiger partial charge in [-0.05, 0) is 63.1 Å². The third-order valence-corrected chi connectivity index (χ3v) is 4.77.